The van der Waals surface area contributed by atoms with Crippen LogP contribution in [-0.2, 0) is 57.2 Å². The molecule has 1 aliphatic heterocycles. The van der Waals surface area contributed by atoms with Gasteiger partial charge in [-0.25, -0.2) is 0 Å². The molecule has 1 fully saturated rings. The molecule has 0 saturated carbocycles. The van der Waals surface area contributed by atoms with Gasteiger partial charge in [-0.2, -0.15) is 0 Å². The fraction of sp³-hybridized carbons (Fsp3) is 0.714. The Bertz CT molecular complexity index is 795. The van der Waals surface area contributed by atoms with Gasteiger partial charge in [-0.1, -0.05) is 13.8 Å². The minimum atomic E-state index is -1.54. The molecule has 0 bridgehead atoms. The van der Waals surface area contributed by atoms with Crippen LogP contribution in [0.2, 0.25) is 0 Å². The molecule has 1 saturated heterocycles. The first-order valence-electron chi connectivity index (χ1n) is 10.5. The van der Waals surface area contributed by atoms with E-state index >= 15 is 0 Å². The van der Waals surface area contributed by atoms with Crippen LogP contribution in [0.3, 0.4) is 0 Å². The molecule has 1 aliphatic rings. The van der Waals surface area contributed by atoms with E-state index in [1.54, 1.807) is 13.8 Å². The van der Waals surface area contributed by atoms with Gasteiger partial charge in [0.05, 0.1) is 0 Å². The van der Waals surface area contributed by atoms with Gasteiger partial charge in [0.25, 0.3) is 5.91 Å². The van der Waals surface area contributed by atoms with E-state index < -0.39 is 85.0 Å². The van der Waals surface area contributed by atoms with Crippen LogP contribution in [0.25, 0.3) is 0 Å². The lowest BCUT2D eigenvalue weighted by Crippen LogP contribution is -2.67. The molecule has 192 valence electrons. The number of rotatable bonds is 9. The zero-order chi connectivity index (χ0) is 26.2. The summed E-state index contributed by atoms with van der Waals surface area (Å²) < 4.78 is 31.5. The van der Waals surface area contributed by atoms with Crippen molar-refractivity contribution < 1.29 is 57.2 Å². The molecule has 1 amide bonds. The van der Waals surface area contributed by atoms with Crippen LogP contribution in [-0.4, -0.2) is 79.1 Å². The second-order valence-electron chi connectivity index (χ2n) is 7.91. The smallest absolute Gasteiger partial charge is 0.305 e. The van der Waals surface area contributed by atoms with E-state index in [1.165, 1.54) is 0 Å². The Balaban J connectivity index is 3.44. The average Bonchev–Trinajstić information content (AvgIpc) is 2.67. The number of carbonyl (C=O) groups is 6. The first-order valence-corrected chi connectivity index (χ1v) is 10.5. The predicted molar refractivity (Wildman–Crippen MR) is 110 cm³/mol. The lowest BCUT2D eigenvalue weighted by molar-refractivity contribution is -0.271. The number of nitrogens with one attached hydrogen (secondary N) is 1. The molecule has 13 nitrogen and oxygen atoms in total. The van der Waals surface area contributed by atoms with Crippen molar-refractivity contribution in [3.05, 3.63) is 0 Å². The fourth-order valence-electron chi connectivity index (χ4n) is 3.24. The largest absolute Gasteiger partial charge is 0.463 e. The van der Waals surface area contributed by atoms with Gasteiger partial charge >= 0.3 is 29.8 Å². The van der Waals surface area contributed by atoms with Crippen molar-refractivity contribution in [1.82, 2.24) is 5.32 Å². The lowest BCUT2D eigenvalue weighted by atomic mass is 9.95. The highest BCUT2D eigenvalue weighted by Gasteiger charge is 2.52. The molecule has 0 aromatic rings. The molecule has 0 aromatic heterocycles. The van der Waals surface area contributed by atoms with Crippen molar-refractivity contribution in [2.24, 2.45) is 5.92 Å². The van der Waals surface area contributed by atoms with E-state index in [-0.39, 0.29) is 0 Å². The van der Waals surface area contributed by atoms with Crippen LogP contribution in [0, 0.1) is 5.92 Å². The van der Waals surface area contributed by atoms with Crippen molar-refractivity contribution in [2.75, 3.05) is 6.61 Å². The lowest BCUT2D eigenvalue weighted by Gasteiger charge is -2.44. The summed E-state index contributed by atoms with van der Waals surface area (Å²) in [5, 5.41) is 2.51. The van der Waals surface area contributed by atoms with Crippen LogP contribution in [0.15, 0.2) is 0 Å². The minimum absolute atomic E-state index is 0.439. The third kappa shape index (κ3) is 8.96. The molecule has 1 heterocycles. The fourth-order valence-corrected chi connectivity index (χ4v) is 3.24. The summed E-state index contributed by atoms with van der Waals surface area (Å²) in [7, 11) is 0. The van der Waals surface area contributed by atoms with Crippen LogP contribution < -0.4 is 5.32 Å². The van der Waals surface area contributed by atoms with Gasteiger partial charge < -0.3 is 33.7 Å². The summed E-state index contributed by atoms with van der Waals surface area (Å²) in [4.78, 5) is 71.1. The first kappa shape index (κ1) is 28.8. The highest BCUT2D eigenvalue weighted by atomic mass is 16.7. The normalized spacial score (nSPS) is 24.9. The number of hydrogen-bond acceptors (Lipinski definition) is 12. The topological polar surface area (TPSA) is 170 Å². The van der Waals surface area contributed by atoms with Gasteiger partial charge in [0.2, 0.25) is 6.29 Å². The predicted octanol–water partition coefficient (Wildman–Crippen LogP) is -0.227. The Labute approximate surface area is 196 Å². The summed E-state index contributed by atoms with van der Waals surface area (Å²) >= 11 is 0. The van der Waals surface area contributed by atoms with Crippen molar-refractivity contribution in [3.63, 3.8) is 0 Å². The number of esters is 5. The maximum atomic E-state index is 13.0. The Morgan fingerprint density at radius 3 is 1.74 bits per heavy atom. The van der Waals surface area contributed by atoms with Crippen molar-refractivity contribution >= 4 is 35.8 Å². The van der Waals surface area contributed by atoms with Crippen molar-refractivity contribution in [2.45, 2.75) is 85.2 Å². The highest BCUT2D eigenvalue weighted by Crippen LogP contribution is 2.28. The molecule has 0 aromatic carbocycles. The molecular weight excluding hydrogens is 458 g/mol. The summed E-state index contributed by atoms with van der Waals surface area (Å²) in [6.07, 6.45) is -6.77. The summed E-state index contributed by atoms with van der Waals surface area (Å²) in [5.41, 5.74) is 0. The quantitative estimate of drug-likeness (QED) is 0.334. The van der Waals surface area contributed by atoms with Gasteiger partial charge in [0.15, 0.2) is 18.3 Å². The Morgan fingerprint density at radius 2 is 1.29 bits per heavy atom. The van der Waals surface area contributed by atoms with Crippen molar-refractivity contribution in [1.29, 1.82) is 0 Å². The van der Waals surface area contributed by atoms with E-state index in [9.17, 15) is 28.8 Å². The van der Waals surface area contributed by atoms with E-state index in [0.29, 0.717) is 0 Å². The third-order valence-corrected chi connectivity index (χ3v) is 4.45. The van der Waals surface area contributed by atoms with Crippen LogP contribution in [0.4, 0.5) is 0 Å². The van der Waals surface area contributed by atoms with Gasteiger partial charge in [-0.15, -0.1) is 0 Å². The molecule has 13 heteroatoms. The molecule has 6 atom stereocenters. The number of hydrogen-bond donors (Lipinski definition) is 1. The number of carbonyl (C=O) groups excluding carboxylic acids is 6. The third-order valence-electron chi connectivity index (χ3n) is 4.45. The van der Waals surface area contributed by atoms with Crippen LogP contribution in [0.5, 0.6) is 0 Å². The molecule has 1 unspecified atom stereocenters. The van der Waals surface area contributed by atoms with Gasteiger partial charge in [0, 0.05) is 34.6 Å². The second kappa shape index (κ2) is 12.9. The molecule has 1 rings (SSSR count). The maximum Gasteiger partial charge on any atom is 0.305 e. The summed E-state index contributed by atoms with van der Waals surface area (Å²) in [6.45, 7) is 8.35. The monoisotopic (exact) mass is 489 g/mol. The molecule has 0 aliphatic carbocycles. The molecular formula is C21H31NO12. The Hall–Kier alpha value is -3.22. The highest BCUT2D eigenvalue weighted by molar-refractivity contribution is 5.84. The van der Waals surface area contributed by atoms with E-state index in [2.05, 4.69) is 5.32 Å². The van der Waals surface area contributed by atoms with Crippen molar-refractivity contribution in [3.8, 4) is 0 Å². The van der Waals surface area contributed by atoms with Gasteiger partial charge in [-0.05, 0) is 5.92 Å². The first-order chi connectivity index (χ1) is 15.7. The number of amides is 1. The molecule has 0 spiro atoms. The van der Waals surface area contributed by atoms with Crippen LogP contribution >= 0.6 is 0 Å². The molecule has 34 heavy (non-hydrogen) atoms. The van der Waals surface area contributed by atoms with Crippen LogP contribution in [0.1, 0.15) is 48.5 Å². The summed E-state index contributed by atoms with van der Waals surface area (Å²) in [5.74, 6) is -5.02. The Morgan fingerprint density at radius 1 is 0.765 bits per heavy atom. The molecule has 0 radical (unpaired) electrons. The zero-order valence-corrected chi connectivity index (χ0v) is 20.1. The SMILES string of the molecule is CC(=O)OC[C@H]1O[C@@H](OC(C)=O)[C@H](NC(=O)C(OC(C)=O)C(C)C)[C@@H](OC(C)=O)[C@@H]1OC(C)=O. The van der Waals surface area contributed by atoms with E-state index in [0.717, 1.165) is 34.6 Å². The Kier molecular flexibility index (Phi) is 10.9. The van der Waals surface area contributed by atoms with E-state index in [1.807, 2.05) is 0 Å². The standard InChI is InChI=1S/C21H31NO12/c1-9(2)17(30-11(4)24)20(28)22-16-19(32-13(6)26)18(31-12(5)25)15(8-29-10(3)23)34-21(16)33-14(7)27/h9,15-19,21H,8H2,1-7H3,(H,22,28)/t15-,16-,17?,18-,19-,21-/m1/s1. The molecule has 1 N–H and O–H groups in total. The second-order valence-corrected chi connectivity index (χ2v) is 7.91. The zero-order valence-electron chi connectivity index (χ0n) is 20.1. The number of ether oxygens (including phenoxy) is 6. The minimum Gasteiger partial charge on any atom is -0.463 e. The van der Waals surface area contributed by atoms with E-state index in [4.69, 9.17) is 28.4 Å². The van der Waals surface area contributed by atoms with Gasteiger partial charge in [-0.3, -0.25) is 28.8 Å². The maximum absolute atomic E-state index is 13.0. The average molecular weight is 489 g/mol. The summed E-state index contributed by atoms with van der Waals surface area (Å²) in [6, 6.07) is -1.38. The van der Waals surface area contributed by atoms with Gasteiger partial charge in [0.1, 0.15) is 18.8 Å².